The largest absolute Gasteiger partial charge is 0.352 e. The maximum Gasteiger partial charge on any atom is 0.241 e. The molecule has 1 aliphatic carbocycles. The Bertz CT molecular complexity index is 1200. The standard InChI is InChI=1S/C23H31N7O2S2/c1-13-20-16(33-22(28-20)25-11-18(31)27-15-7-3-2-6-14(15)24)10-17-21(13)29-23(34-17)26-12-19(32)30-8-4-5-9-30/h10,14-15H,2-9,11-12,24H2,1H3,(H,25,28)(H,26,29)(H,27,31). The Balaban J connectivity index is 1.23. The van der Waals surface area contributed by atoms with Crippen LogP contribution in [0.15, 0.2) is 6.07 Å². The molecule has 0 spiro atoms. The summed E-state index contributed by atoms with van der Waals surface area (Å²) in [7, 11) is 0. The van der Waals surface area contributed by atoms with Gasteiger partial charge in [-0.3, -0.25) is 9.59 Å². The van der Waals surface area contributed by atoms with Crippen molar-refractivity contribution in [3.05, 3.63) is 11.6 Å². The molecule has 0 bridgehead atoms. The summed E-state index contributed by atoms with van der Waals surface area (Å²) in [6, 6.07) is 2.19. The van der Waals surface area contributed by atoms with Crippen molar-refractivity contribution >= 4 is 65.2 Å². The van der Waals surface area contributed by atoms with Crippen molar-refractivity contribution in [3.8, 4) is 0 Å². The van der Waals surface area contributed by atoms with Crippen molar-refractivity contribution in [2.75, 3.05) is 36.8 Å². The SMILES string of the molecule is Cc1c2nc(NCC(=O)NC3CCCCC3N)sc2cc2sc(NCC(=O)N3CCCC3)nc12. The molecule has 1 aliphatic heterocycles. The molecule has 2 amide bonds. The molecule has 1 aromatic carbocycles. The van der Waals surface area contributed by atoms with E-state index in [1.807, 2.05) is 11.8 Å². The fourth-order valence-electron chi connectivity index (χ4n) is 4.76. The number of fused-ring (bicyclic) bond motifs is 2. The van der Waals surface area contributed by atoms with Gasteiger partial charge in [0.15, 0.2) is 10.3 Å². The van der Waals surface area contributed by atoms with E-state index in [0.717, 1.165) is 82.7 Å². The third-order valence-corrected chi connectivity index (χ3v) is 8.62. The molecule has 182 valence electrons. The minimum Gasteiger partial charge on any atom is -0.352 e. The first-order valence-corrected chi connectivity index (χ1v) is 13.6. The van der Waals surface area contributed by atoms with Crippen molar-refractivity contribution < 1.29 is 9.59 Å². The van der Waals surface area contributed by atoms with Crippen LogP contribution in [0.2, 0.25) is 0 Å². The van der Waals surface area contributed by atoms with E-state index >= 15 is 0 Å². The lowest BCUT2D eigenvalue weighted by Gasteiger charge is -2.29. The summed E-state index contributed by atoms with van der Waals surface area (Å²) in [6.45, 7) is 4.17. The van der Waals surface area contributed by atoms with Crippen molar-refractivity contribution in [3.63, 3.8) is 0 Å². The Kier molecular flexibility index (Phi) is 6.84. The summed E-state index contributed by atoms with van der Waals surface area (Å²) in [4.78, 5) is 36.1. The summed E-state index contributed by atoms with van der Waals surface area (Å²) in [5.74, 6) is 0.0709. The second kappa shape index (κ2) is 10.0. The topological polar surface area (TPSA) is 125 Å². The molecule has 2 fully saturated rings. The smallest absolute Gasteiger partial charge is 0.241 e. The summed E-state index contributed by atoms with van der Waals surface area (Å²) in [6.07, 6.45) is 6.34. The van der Waals surface area contributed by atoms with Crippen LogP contribution >= 0.6 is 22.7 Å². The maximum absolute atomic E-state index is 12.4. The predicted octanol–water partition coefficient (Wildman–Crippen LogP) is 3.05. The molecule has 5 rings (SSSR count). The van der Waals surface area contributed by atoms with Crippen molar-refractivity contribution in [1.29, 1.82) is 0 Å². The van der Waals surface area contributed by atoms with Gasteiger partial charge in [0.25, 0.3) is 0 Å². The highest BCUT2D eigenvalue weighted by atomic mass is 32.1. The van der Waals surface area contributed by atoms with Gasteiger partial charge in [0.1, 0.15) is 0 Å². The number of carbonyl (C=O) groups is 2. The highest BCUT2D eigenvalue weighted by Crippen LogP contribution is 2.37. The van der Waals surface area contributed by atoms with Gasteiger partial charge in [0.05, 0.1) is 33.5 Å². The number of amides is 2. The van der Waals surface area contributed by atoms with Gasteiger partial charge < -0.3 is 26.6 Å². The molecule has 1 saturated heterocycles. The number of hydrogen-bond donors (Lipinski definition) is 4. The molecule has 3 aromatic rings. The van der Waals surface area contributed by atoms with Crippen molar-refractivity contribution in [2.45, 2.75) is 57.5 Å². The number of nitrogens with zero attached hydrogens (tertiary/aromatic N) is 3. The molecule has 2 unspecified atom stereocenters. The van der Waals surface area contributed by atoms with Crippen molar-refractivity contribution in [2.24, 2.45) is 5.73 Å². The van der Waals surface area contributed by atoms with E-state index in [4.69, 9.17) is 15.7 Å². The van der Waals surface area contributed by atoms with Gasteiger partial charge in [-0.05, 0) is 38.7 Å². The summed E-state index contributed by atoms with van der Waals surface area (Å²) < 4.78 is 2.10. The van der Waals surface area contributed by atoms with Crippen LogP contribution in [0.3, 0.4) is 0 Å². The van der Waals surface area contributed by atoms with Gasteiger partial charge in [-0.2, -0.15) is 0 Å². The van der Waals surface area contributed by atoms with Gasteiger partial charge >= 0.3 is 0 Å². The number of aryl methyl sites for hydroxylation is 1. The fourth-order valence-corrected chi connectivity index (χ4v) is 6.76. The molecule has 3 heterocycles. The summed E-state index contributed by atoms with van der Waals surface area (Å²) in [5, 5.41) is 10.9. The van der Waals surface area contributed by atoms with Crippen LogP contribution in [0.1, 0.15) is 44.1 Å². The zero-order valence-electron chi connectivity index (χ0n) is 19.4. The Hall–Kier alpha value is -2.50. The predicted molar refractivity (Wildman–Crippen MR) is 139 cm³/mol. The minimum absolute atomic E-state index is 0.0426. The lowest BCUT2D eigenvalue weighted by Crippen LogP contribution is -2.50. The number of nitrogens with one attached hydrogen (secondary N) is 3. The minimum atomic E-state index is -0.0554. The Morgan fingerprint density at radius 2 is 1.62 bits per heavy atom. The van der Waals surface area contributed by atoms with Crippen LogP contribution < -0.4 is 21.7 Å². The van der Waals surface area contributed by atoms with Crippen LogP contribution in [-0.2, 0) is 9.59 Å². The molecular weight excluding hydrogens is 470 g/mol. The molecule has 0 radical (unpaired) electrons. The highest BCUT2D eigenvalue weighted by molar-refractivity contribution is 7.24. The number of nitrogens with two attached hydrogens (primary N) is 1. The molecule has 34 heavy (non-hydrogen) atoms. The Morgan fingerprint density at radius 1 is 1.00 bits per heavy atom. The summed E-state index contributed by atoms with van der Waals surface area (Å²) >= 11 is 3.08. The number of thiazole rings is 2. The van der Waals surface area contributed by atoms with E-state index in [2.05, 4.69) is 22.0 Å². The van der Waals surface area contributed by atoms with Crippen LogP contribution in [0.4, 0.5) is 10.3 Å². The van der Waals surface area contributed by atoms with E-state index in [1.54, 1.807) is 11.3 Å². The molecule has 2 aliphatic rings. The van der Waals surface area contributed by atoms with Gasteiger partial charge in [-0.25, -0.2) is 9.97 Å². The lowest BCUT2D eigenvalue weighted by atomic mass is 9.91. The van der Waals surface area contributed by atoms with Crippen LogP contribution in [-0.4, -0.2) is 64.9 Å². The van der Waals surface area contributed by atoms with Gasteiger partial charge in [-0.1, -0.05) is 35.5 Å². The Morgan fingerprint density at radius 3 is 2.26 bits per heavy atom. The lowest BCUT2D eigenvalue weighted by molar-refractivity contribution is -0.128. The van der Waals surface area contributed by atoms with Gasteiger partial charge in [-0.15, -0.1) is 0 Å². The Labute approximate surface area is 206 Å². The molecular formula is C23H31N7O2S2. The van der Waals surface area contributed by atoms with E-state index in [1.165, 1.54) is 11.3 Å². The second-order valence-corrected chi connectivity index (χ2v) is 11.2. The molecule has 2 atom stereocenters. The number of anilines is 2. The third-order valence-electron chi connectivity index (χ3n) is 6.69. The summed E-state index contributed by atoms with van der Waals surface area (Å²) in [5.41, 5.74) is 8.93. The molecule has 11 heteroatoms. The van der Waals surface area contributed by atoms with E-state index < -0.39 is 0 Å². The number of benzene rings is 1. The first-order chi connectivity index (χ1) is 16.5. The second-order valence-electron chi connectivity index (χ2n) is 9.15. The van der Waals surface area contributed by atoms with Crippen molar-refractivity contribution in [1.82, 2.24) is 20.2 Å². The van der Waals surface area contributed by atoms with Crippen LogP contribution in [0, 0.1) is 6.92 Å². The van der Waals surface area contributed by atoms with Crippen LogP contribution in [0.5, 0.6) is 0 Å². The molecule has 9 nitrogen and oxygen atoms in total. The normalized spacial score (nSPS) is 20.7. The molecule has 2 aromatic heterocycles. The van der Waals surface area contributed by atoms with E-state index in [-0.39, 0.29) is 37.0 Å². The molecule has 5 N–H and O–H groups in total. The van der Waals surface area contributed by atoms with Gasteiger partial charge in [0, 0.05) is 30.7 Å². The number of aromatic nitrogens is 2. The van der Waals surface area contributed by atoms with E-state index in [9.17, 15) is 9.59 Å². The fraction of sp³-hybridized carbons (Fsp3) is 0.565. The average Bonchev–Trinajstić information content (AvgIpc) is 3.57. The number of rotatable bonds is 7. The van der Waals surface area contributed by atoms with Crippen LogP contribution in [0.25, 0.3) is 20.4 Å². The molecule has 1 saturated carbocycles. The van der Waals surface area contributed by atoms with Gasteiger partial charge in [0.2, 0.25) is 11.8 Å². The number of hydrogen-bond acceptors (Lipinski definition) is 9. The average molecular weight is 502 g/mol. The monoisotopic (exact) mass is 501 g/mol. The third kappa shape index (κ3) is 4.96. The quantitative estimate of drug-likeness (QED) is 0.392. The first-order valence-electron chi connectivity index (χ1n) is 12.0. The maximum atomic E-state index is 12.4. The number of carbonyl (C=O) groups excluding carboxylic acids is 2. The van der Waals surface area contributed by atoms with E-state index in [0.29, 0.717) is 5.13 Å². The first kappa shape index (κ1) is 23.3. The highest BCUT2D eigenvalue weighted by Gasteiger charge is 2.23. The zero-order valence-corrected chi connectivity index (χ0v) is 21.0. The number of likely N-dealkylation sites (tertiary alicyclic amines) is 1. The zero-order chi connectivity index (χ0) is 23.7.